The summed E-state index contributed by atoms with van der Waals surface area (Å²) in [5, 5.41) is 6.02. The first-order valence-electron chi connectivity index (χ1n) is 12.1. The Morgan fingerprint density at radius 2 is 1.64 bits per heavy atom. The minimum Gasteiger partial charge on any atom is -0.453 e. The molecule has 3 amide bonds. The molecule has 0 unspecified atom stereocenters. The van der Waals surface area contributed by atoms with E-state index in [0.717, 1.165) is 44.5 Å². The number of hydrogen-bond donors (Lipinski definition) is 2. The van der Waals surface area contributed by atoms with Crippen molar-refractivity contribution >= 4 is 29.3 Å². The molecule has 2 aliphatic heterocycles. The number of nitrogens with one attached hydrogen (secondary N) is 2. The zero-order valence-electron chi connectivity index (χ0n) is 19.5. The van der Waals surface area contributed by atoms with Crippen LogP contribution in [0.5, 0.6) is 0 Å². The Morgan fingerprint density at radius 1 is 0.939 bits per heavy atom. The summed E-state index contributed by atoms with van der Waals surface area (Å²) in [6.07, 6.45) is 4.98. The van der Waals surface area contributed by atoms with Crippen molar-refractivity contribution in [2.24, 2.45) is 5.92 Å². The molecule has 2 N–H and O–H groups in total. The van der Waals surface area contributed by atoms with Gasteiger partial charge in [-0.2, -0.15) is 0 Å². The lowest BCUT2D eigenvalue weighted by atomic mass is 9.88. The lowest BCUT2D eigenvalue weighted by molar-refractivity contribution is -0.136. The van der Waals surface area contributed by atoms with Crippen LogP contribution in [-0.2, 0) is 9.53 Å². The van der Waals surface area contributed by atoms with Crippen LogP contribution in [0.15, 0.2) is 18.2 Å². The van der Waals surface area contributed by atoms with Crippen LogP contribution in [0.1, 0.15) is 42.5 Å². The highest BCUT2D eigenvalue weighted by Crippen LogP contribution is 2.30. The molecule has 2 saturated heterocycles. The molecule has 3 aliphatic rings. The highest BCUT2D eigenvalue weighted by molar-refractivity contribution is 5.98. The summed E-state index contributed by atoms with van der Waals surface area (Å²) in [5.74, 6) is 0.426. The zero-order valence-corrected chi connectivity index (χ0v) is 19.5. The number of nitrogens with zero attached hydrogens (tertiary/aromatic N) is 3. The Kier molecular flexibility index (Phi) is 7.69. The molecular weight excluding hydrogens is 422 g/mol. The van der Waals surface area contributed by atoms with Crippen LogP contribution in [0.2, 0.25) is 0 Å². The van der Waals surface area contributed by atoms with Crippen molar-refractivity contribution in [2.45, 2.75) is 32.1 Å². The Labute approximate surface area is 195 Å². The van der Waals surface area contributed by atoms with E-state index < -0.39 is 6.09 Å². The van der Waals surface area contributed by atoms with Crippen molar-refractivity contribution in [3.8, 4) is 0 Å². The summed E-state index contributed by atoms with van der Waals surface area (Å²) in [6.45, 7) is 5.57. The van der Waals surface area contributed by atoms with E-state index >= 15 is 0 Å². The van der Waals surface area contributed by atoms with Crippen molar-refractivity contribution in [3.05, 3.63) is 23.8 Å². The molecule has 1 aliphatic carbocycles. The number of hydrogen-bond acceptors (Lipinski definition) is 6. The van der Waals surface area contributed by atoms with Crippen molar-refractivity contribution in [2.75, 3.05) is 69.7 Å². The number of rotatable bonds is 4. The number of ether oxygens (including phenoxy) is 1. The van der Waals surface area contributed by atoms with E-state index in [-0.39, 0.29) is 11.8 Å². The summed E-state index contributed by atoms with van der Waals surface area (Å²) in [6, 6.07) is 5.44. The summed E-state index contributed by atoms with van der Waals surface area (Å²) in [5.41, 5.74) is 1.93. The Morgan fingerprint density at radius 3 is 2.30 bits per heavy atom. The van der Waals surface area contributed by atoms with Crippen LogP contribution in [0, 0.1) is 5.92 Å². The second-order valence-corrected chi connectivity index (χ2v) is 9.04. The minimum absolute atomic E-state index is 0.0427. The van der Waals surface area contributed by atoms with Crippen LogP contribution < -0.4 is 15.5 Å². The molecule has 1 saturated carbocycles. The van der Waals surface area contributed by atoms with Crippen molar-refractivity contribution in [3.63, 3.8) is 0 Å². The summed E-state index contributed by atoms with van der Waals surface area (Å²) in [7, 11) is 1.32. The largest absolute Gasteiger partial charge is 0.453 e. The van der Waals surface area contributed by atoms with Gasteiger partial charge in [0.2, 0.25) is 5.91 Å². The third-order valence-corrected chi connectivity index (χ3v) is 6.96. The summed E-state index contributed by atoms with van der Waals surface area (Å²) < 4.78 is 4.80. The van der Waals surface area contributed by atoms with Crippen molar-refractivity contribution in [1.82, 2.24) is 15.1 Å². The maximum atomic E-state index is 13.0. The van der Waals surface area contributed by atoms with Crippen LogP contribution in [0.4, 0.5) is 16.2 Å². The predicted octanol–water partition coefficient (Wildman–Crippen LogP) is 2.14. The first-order chi connectivity index (χ1) is 16.1. The molecule has 1 aromatic rings. The highest BCUT2D eigenvalue weighted by atomic mass is 16.5. The maximum Gasteiger partial charge on any atom is 0.411 e. The smallest absolute Gasteiger partial charge is 0.411 e. The van der Waals surface area contributed by atoms with Crippen LogP contribution in [-0.4, -0.2) is 87.2 Å². The van der Waals surface area contributed by atoms with E-state index in [1.807, 2.05) is 21.9 Å². The van der Waals surface area contributed by atoms with Gasteiger partial charge in [0, 0.05) is 63.8 Å². The normalized spacial score (nSPS) is 19.8. The molecular formula is C24H35N5O4. The molecule has 33 heavy (non-hydrogen) atoms. The number of carbonyl (C=O) groups is 3. The predicted molar refractivity (Wildman–Crippen MR) is 127 cm³/mol. The molecule has 0 atom stereocenters. The molecule has 0 aromatic heterocycles. The standard InChI is InChI=1S/C24H35N5O4/c1-33-24(32)26-20-17-19(23(31)28-11-9-25-10-12-28)7-8-21(20)27-13-15-29(16-14-27)22(30)18-5-3-2-4-6-18/h7-8,17-18,25H,2-6,9-16H2,1H3,(H,26,32). The maximum absolute atomic E-state index is 13.0. The van der Waals surface area contributed by atoms with Gasteiger partial charge in [-0.15, -0.1) is 0 Å². The molecule has 180 valence electrons. The number of amides is 3. The van der Waals surface area contributed by atoms with Gasteiger partial charge in [0.05, 0.1) is 18.5 Å². The number of anilines is 2. The first kappa shape index (κ1) is 23.4. The topological polar surface area (TPSA) is 94.2 Å². The molecule has 3 fully saturated rings. The van der Waals surface area contributed by atoms with Gasteiger partial charge in [-0.1, -0.05) is 19.3 Å². The Hall–Kier alpha value is -2.81. The molecule has 0 spiro atoms. The van der Waals surface area contributed by atoms with Crippen LogP contribution in [0.25, 0.3) is 0 Å². The third-order valence-electron chi connectivity index (χ3n) is 6.96. The summed E-state index contributed by atoms with van der Waals surface area (Å²) >= 11 is 0. The fraction of sp³-hybridized carbons (Fsp3) is 0.625. The third kappa shape index (κ3) is 5.58. The SMILES string of the molecule is COC(=O)Nc1cc(C(=O)N2CCNCC2)ccc1N1CCN(C(=O)C2CCCCC2)CC1. The summed E-state index contributed by atoms with van der Waals surface area (Å²) in [4.78, 5) is 43.8. The van der Waals surface area contributed by atoms with Gasteiger partial charge >= 0.3 is 6.09 Å². The quantitative estimate of drug-likeness (QED) is 0.720. The molecule has 0 bridgehead atoms. The molecule has 2 heterocycles. The van der Waals surface area contributed by atoms with E-state index in [9.17, 15) is 14.4 Å². The zero-order chi connectivity index (χ0) is 23.2. The number of benzene rings is 1. The van der Waals surface area contributed by atoms with Gasteiger partial charge in [0.15, 0.2) is 0 Å². The van der Waals surface area contributed by atoms with Gasteiger partial charge in [-0.25, -0.2) is 4.79 Å². The Bertz CT molecular complexity index is 856. The first-order valence-corrected chi connectivity index (χ1v) is 12.1. The van der Waals surface area contributed by atoms with E-state index in [1.54, 1.807) is 6.07 Å². The monoisotopic (exact) mass is 457 g/mol. The number of piperazine rings is 2. The highest BCUT2D eigenvalue weighted by Gasteiger charge is 2.29. The fourth-order valence-electron chi connectivity index (χ4n) is 5.03. The molecule has 9 heteroatoms. The van der Waals surface area contributed by atoms with Crippen molar-refractivity contribution in [1.29, 1.82) is 0 Å². The molecule has 1 aromatic carbocycles. The van der Waals surface area contributed by atoms with Gasteiger partial charge in [0.1, 0.15) is 0 Å². The lowest BCUT2D eigenvalue weighted by Crippen LogP contribution is -2.50. The van der Waals surface area contributed by atoms with Gasteiger partial charge in [-0.3, -0.25) is 14.9 Å². The minimum atomic E-state index is -0.575. The Balaban J connectivity index is 1.46. The van der Waals surface area contributed by atoms with Crippen LogP contribution in [0.3, 0.4) is 0 Å². The van der Waals surface area contributed by atoms with Gasteiger partial charge in [-0.05, 0) is 31.0 Å². The molecule has 9 nitrogen and oxygen atoms in total. The average Bonchev–Trinajstić information content (AvgIpc) is 2.89. The number of carbonyl (C=O) groups excluding carboxylic acids is 3. The number of methoxy groups -OCH3 is 1. The van der Waals surface area contributed by atoms with E-state index in [0.29, 0.717) is 56.4 Å². The average molecular weight is 458 g/mol. The fourth-order valence-corrected chi connectivity index (χ4v) is 5.03. The second-order valence-electron chi connectivity index (χ2n) is 9.04. The molecule has 4 rings (SSSR count). The van der Waals surface area contributed by atoms with Crippen LogP contribution >= 0.6 is 0 Å². The van der Waals surface area contributed by atoms with Gasteiger partial charge in [0.25, 0.3) is 5.91 Å². The van der Waals surface area contributed by atoms with E-state index in [1.165, 1.54) is 13.5 Å². The lowest BCUT2D eigenvalue weighted by Gasteiger charge is -2.39. The van der Waals surface area contributed by atoms with Crippen molar-refractivity contribution < 1.29 is 19.1 Å². The van der Waals surface area contributed by atoms with Gasteiger partial charge < -0.3 is 24.8 Å². The second kappa shape index (κ2) is 10.9. The molecule has 0 radical (unpaired) electrons. The van der Waals surface area contributed by atoms with E-state index in [4.69, 9.17) is 4.74 Å². The van der Waals surface area contributed by atoms with E-state index in [2.05, 4.69) is 15.5 Å².